The van der Waals surface area contributed by atoms with E-state index in [4.69, 9.17) is 19.8 Å². The lowest BCUT2D eigenvalue weighted by molar-refractivity contribution is -0.143. The van der Waals surface area contributed by atoms with E-state index in [0.717, 1.165) is 6.07 Å². The van der Waals surface area contributed by atoms with Crippen molar-refractivity contribution in [3.05, 3.63) is 34.4 Å². The van der Waals surface area contributed by atoms with E-state index < -0.39 is 54.0 Å². The van der Waals surface area contributed by atoms with Crippen molar-refractivity contribution in [3.8, 4) is 6.07 Å². The zero-order valence-corrected chi connectivity index (χ0v) is 14.1. The van der Waals surface area contributed by atoms with E-state index in [9.17, 15) is 26.3 Å². The predicted molar refractivity (Wildman–Crippen MR) is 78.0 cm³/mol. The SMILES string of the molecule is COC(C)C(c1cc(C(F)(F)F)c(C#N)c(C(F)(F)F)c1)C(C)OCO. The molecule has 0 aliphatic heterocycles. The van der Waals surface area contributed by atoms with Crippen LogP contribution < -0.4 is 0 Å². The van der Waals surface area contributed by atoms with E-state index in [-0.39, 0.29) is 5.56 Å². The number of rotatable bonds is 6. The molecule has 26 heavy (non-hydrogen) atoms. The van der Waals surface area contributed by atoms with Crippen molar-refractivity contribution < 1.29 is 40.9 Å². The van der Waals surface area contributed by atoms with Gasteiger partial charge in [0.2, 0.25) is 0 Å². The van der Waals surface area contributed by atoms with Crippen LogP contribution in [0.3, 0.4) is 0 Å². The zero-order chi connectivity index (χ0) is 20.3. The minimum Gasteiger partial charge on any atom is -0.381 e. The van der Waals surface area contributed by atoms with Crippen LogP contribution in [0.4, 0.5) is 26.3 Å². The standard InChI is InChI=1S/C16H17F6NO3/c1-8(25-3)14(9(2)26-7-24)10-4-12(15(17,18)19)11(6-23)13(5-10)16(20,21)22/h4-5,8-9,14,24H,7H2,1-3H3. The highest BCUT2D eigenvalue weighted by Crippen LogP contribution is 2.42. The van der Waals surface area contributed by atoms with Crippen molar-refractivity contribution in [3.63, 3.8) is 0 Å². The summed E-state index contributed by atoms with van der Waals surface area (Å²) in [5.74, 6) is -1.05. The van der Waals surface area contributed by atoms with Gasteiger partial charge in [0.15, 0.2) is 0 Å². The van der Waals surface area contributed by atoms with Crippen LogP contribution in [0.1, 0.15) is 42.0 Å². The Kier molecular flexibility index (Phi) is 7.04. The lowest BCUT2D eigenvalue weighted by Crippen LogP contribution is -2.30. The van der Waals surface area contributed by atoms with E-state index in [1.54, 1.807) is 0 Å². The van der Waals surface area contributed by atoms with Gasteiger partial charge >= 0.3 is 12.4 Å². The number of nitrogens with zero attached hydrogens (tertiary/aromatic N) is 1. The van der Waals surface area contributed by atoms with Gasteiger partial charge in [-0.25, -0.2) is 0 Å². The van der Waals surface area contributed by atoms with Gasteiger partial charge in [0.05, 0.1) is 28.9 Å². The molecular formula is C16H17F6NO3. The second kappa shape index (κ2) is 8.24. The van der Waals surface area contributed by atoms with Crippen molar-refractivity contribution >= 4 is 0 Å². The van der Waals surface area contributed by atoms with Crippen LogP contribution in [0.25, 0.3) is 0 Å². The molecule has 3 unspecified atom stereocenters. The summed E-state index contributed by atoms with van der Waals surface area (Å²) < 4.78 is 89.5. The third-order valence-electron chi connectivity index (χ3n) is 3.99. The number of methoxy groups -OCH3 is 1. The Labute approximate surface area is 145 Å². The number of hydrogen-bond acceptors (Lipinski definition) is 4. The number of aliphatic hydroxyl groups is 1. The monoisotopic (exact) mass is 385 g/mol. The third-order valence-corrected chi connectivity index (χ3v) is 3.99. The molecule has 3 atom stereocenters. The normalized spacial score (nSPS) is 16.0. The molecule has 0 aromatic heterocycles. The number of aliphatic hydroxyl groups excluding tert-OH is 1. The number of benzene rings is 1. The molecule has 0 fully saturated rings. The summed E-state index contributed by atoms with van der Waals surface area (Å²) in [6.07, 6.45) is -12.1. The van der Waals surface area contributed by atoms with Crippen LogP contribution in [0, 0.1) is 11.3 Å². The zero-order valence-electron chi connectivity index (χ0n) is 14.1. The van der Waals surface area contributed by atoms with Gasteiger partial charge in [-0.2, -0.15) is 31.6 Å². The van der Waals surface area contributed by atoms with E-state index in [1.807, 2.05) is 0 Å². The summed E-state index contributed by atoms with van der Waals surface area (Å²) in [6.45, 7) is 2.05. The fourth-order valence-electron chi connectivity index (χ4n) is 2.72. The van der Waals surface area contributed by atoms with Gasteiger partial charge in [-0.05, 0) is 31.5 Å². The Morgan fingerprint density at radius 2 is 1.50 bits per heavy atom. The molecule has 0 radical (unpaired) electrons. The number of alkyl halides is 6. The summed E-state index contributed by atoms with van der Waals surface area (Å²) in [7, 11) is 1.24. The minimum absolute atomic E-state index is 0.362. The first-order chi connectivity index (χ1) is 11.9. The molecule has 0 saturated heterocycles. The first-order valence-electron chi connectivity index (χ1n) is 7.36. The summed E-state index contributed by atoms with van der Waals surface area (Å²) in [5, 5.41) is 17.7. The van der Waals surface area contributed by atoms with Crippen LogP contribution in [0.5, 0.6) is 0 Å². The molecule has 1 aromatic rings. The number of hydrogen-bond donors (Lipinski definition) is 1. The summed E-state index contributed by atoms with van der Waals surface area (Å²) in [6, 6.07) is 1.98. The van der Waals surface area contributed by atoms with Crippen molar-refractivity contribution in [1.29, 1.82) is 5.26 Å². The largest absolute Gasteiger partial charge is 0.417 e. The molecule has 1 aromatic carbocycles. The summed E-state index contributed by atoms with van der Waals surface area (Å²) in [5.41, 5.74) is -5.23. The smallest absolute Gasteiger partial charge is 0.381 e. The van der Waals surface area contributed by atoms with Gasteiger partial charge in [-0.15, -0.1) is 0 Å². The van der Waals surface area contributed by atoms with Gasteiger partial charge < -0.3 is 14.6 Å². The minimum atomic E-state index is -5.16. The Morgan fingerprint density at radius 1 is 1.04 bits per heavy atom. The van der Waals surface area contributed by atoms with E-state index >= 15 is 0 Å². The molecule has 0 aliphatic carbocycles. The Morgan fingerprint density at radius 3 is 1.81 bits per heavy atom. The van der Waals surface area contributed by atoms with Crippen molar-refractivity contribution in [2.24, 2.45) is 0 Å². The highest BCUT2D eigenvalue weighted by atomic mass is 19.4. The summed E-state index contributed by atoms with van der Waals surface area (Å²) >= 11 is 0. The number of ether oxygens (including phenoxy) is 2. The molecule has 10 heteroatoms. The van der Waals surface area contributed by atoms with Crippen LogP contribution in [0.2, 0.25) is 0 Å². The molecule has 4 nitrogen and oxygen atoms in total. The third kappa shape index (κ3) is 4.87. The molecule has 0 heterocycles. The maximum absolute atomic E-state index is 13.3. The predicted octanol–water partition coefficient (Wildman–Crippen LogP) is 4.07. The number of halogens is 6. The van der Waals surface area contributed by atoms with Gasteiger partial charge in [0, 0.05) is 13.0 Å². The van der Waals surface area contributed by atoms with Crippen molar-refractivity contribution in [2.75, 3.05) is 13.9 Å². The molecule has 0 amide bonds. The Bertz CT molecular complexity index is 630. The maximum Gasteiger partial charge on any atom is 0.417 e. The molecule has 0 bridgehead atoms. The first-order valence-corrected chi connectivity index (χ1v) is 7.36. The Balaban J connectivity index is 3.77. The van der Waals surface area contributed by atoms with Crippen molar-refractivity contribution in [1.82, 2.24) is 0 Å². The van der Waals surface area contributed by atoms with Crippen LogP contribution >= 0.6 is 0 Å². The van der Waals surface area contributed by atoms with Crippen LogP contribution in [-0.4, -0.2) is 31.2 Å². The highest BCUT2D eigenvalue weighted by Gasteiger charge is 2.43. The van der Waals surface area contributed by atoms with Gasteiger partial charge in [-0.1, -0.05) is 0 Å². The summed E-state index contributed by atoms with van der Waals surface area (Å²) in [4.78, 5) is 0. The topological polar surface area (TPSA) is 62.5 Å². The van der Waals surface area contributed by atoms with Crippen LogP contribution in [0.15, 0.2) is 12.1 Å². The van der Waals surface area contributed by atoms with Crippen LogP contribution in [-0.2, 0) is 21.8 Å². The van der Waals surface area contributed by atoms with Gasteiger partial charge in [-0.3, -0.25) is 0 Å². The number of nitriles is 1. The highest BCUT2D eigenvalue weighted by molar-refractivity contribution is 5.50. The van der Waals surface area contributed by atoms with E-state index in [0.29, 0.717) is 12.1 Å². The molecule has 0 spiro atoms. The fourth-order valence-corrected chi connectivity index (χ4v) is 2.72. The molecular weight excluding hydrogens is 368 g/mol. The quantitative estimate of drug-likeness (QED) is 0.592. The van der Waals surface area contributed by atoms with Crippen molar-refractivity contribution in [2.45, 2.75) is 44.3 Å². The van der Waals surface area contributed by atoms with Gasteiger partial charge in [0.1, 0.15) is 12.9 Å². The molecule has 0 saturated carbocycles. The lowest BCUT2D eigenvalue weighted by atomic mass is 9.85. The second-order valence-corrected chi connectivity index (χ2v) is 5.57. The van der Waals surface area contributed by atoms with E-state index in [2.05, 4.69) is 0 Å². The molecule has 1 rings (SSSR count). The average Bonchev–Trinajstić information content (AvgIpc) is 2.52. The average molecular weight is 385 g/mol. The molecule has 0 aliphatic rings. The first kappa shape index (κ1) is 22.2. The maximum atomic E-state index is 13.3. The Hall–Kier alpha value is -1.83. The second-order valence-electron chi connectivity index (χ2n) is 5.57. The van der Waals surface area contributed by atoms with E-state index in [1.165, 1.54) is 21.0 Å². The van der Waals surface area contributed by atoms with Gasteiger partial charge in [0.25, 0.3) is 0 Å². The molecule has 1 N–H and O–H groups in total. The molecule has 146 valence electrons. The fraction of sp³-hybridized carbons (Fsp3) is 0.562. The lowest BCUT2D eigenvalue weighted by Gasteiger charge is -2.30.